The minimum absolute atomic E-state index is 0.0484. The molecule has 0 bridgehead atoms. The SMILES string of the molecule is COc1ccc(C=C2C=C(c3ccccc3)N(c3cccc(Br)c3)C2=O)cc1. The summed E-state index contributed by atoms with van der Waals surface area (Å²) in [5, 5.41) is 0. The van der Waals surface area contributed by atoms with E-state index in [1.165, 1.54) is 0 Å². The topological polar surface area (TPSA) is 29.5 Å². The van der Waals surface area contributed by atoms with Crippen molar-refractivity contribution in [3.8, 4) is 5.75 Å². The third-order valence-corrected chi connectivity index (χ3v) is 5.05. The molecule has 0 unspecified atom stereocenters. The lowest BCUT2D eigenvalue weighted by Gasteiger charge is -2.21. The minimum Gasteiger partial charge on any atom is -0.497 e. The number of hydrogen-bond acceptors (Lipinski definition) is 2. The summed E-state index contributed by atoms with van der Waals surface area (Å²) in [6.07, 6.45) is 3.85. The molecule has 3 aromatic carbocycles. The first-order valence-electron chi connectivity index (χ1n) is 8.88. The van der Waals surface area contributed by atoms with Crippen molar-refractivity contribution < 1.29 is 9.53 Å². The lowest BCUT2D eigenvalue weighted by molar-refractivity contribution is -0.113. The molecule has 0 saturated carbocycles. The van der Waals surface area contributed by atoms with Gasteiger partial charge in [0.25, 0.3) is 5.91 Å². The lowest BCUT2D eigenvalue weighted by Crippen LogP contribution is -2.24. The molecule has 0 N–H and O–H groups in total. The van der Waals surface area contributed by atoms with Crippen LogP contribution >= 0.6 is 15.9 Å². The minimum atomic E-state index is -0.0484. The van der Waals surface area contributed by atoms with Gasteiger partial charge in [0.15, 0.2) is 0 Å². The van der Waals surface area contributed by atoms with Crippen LogP contribution in [0.4, 0.5) is 5.69 Å². The molecule has 1 aliphatic rings. The maximum absolute atomic E-state index is 13.3. The molecule has 4 rings (SSSR count). The molecule has 0 aromatic heterocycles. The van der Waals surface area contributed by atoms with Gasteiger partial charge >= 0.3 is 0 Å². The Morgan fingerprint density at radius 2 is 1.68 bits per heavy atom. The first-order valence-corrected chi connectivity index (χ1v) is 9.68. The number of hydrogen-bond donors (Lipinski definition) is 0. The van der Waals surface area contributed by atoms with Crippen molar-refractivity contribution in [3.63, 3.8) is 0 Å². The summed E-state index contributed by atoms with van der Waals surface area (Å²) in [6, 6.07) is 25.4. The van der Waals surface area contributed by atoms with Crippen LogP contribution < -0.4 is 9.64 Å². The maximum Gasteiger partial charge on any atom is 0.262 e. The zero-order valence-corrected chi connectivity index (χ0v) is 16.9. The highest BCUT2D eigenvalue weighted by Gasteiger charge is 2.30. The molecule has 138 valence electrons. The highest BCUT2D eigenvalue weighted by atomic mass is 79.9. The fourth-order valence-corrected chi connectivity index (χ4v) is 3.58. The van der Waals surface area contributed by atoms with Gasteiger partial charge < -0.3 is 4.74 Å². The number of rotatable bonds is 4. The van der Waals surface area contributed by atoms with E-state index in [1.54, 1.807) is 12.0 Å². The van der Waals surface area contributed by atoms with Crippen LogP contribution in [-0.2, 0) is 4.79 Å². The number of carbonyl (C=O) groups is 1. The number of ether oxygens (including phenoxy) is 1. The van der Waals surface area contributed by atoms with Gasteiger partial charge in [0.2, 0.25) is 0 Å². The van der Waals surface area contributed by atoms with Gasteiger partial charge in [-0.15, -0.1) is 0 Å². The standard InChI is InChI=1S/C24H18BrNO2/c1-28-22-12-10-17(11-13-22)14-19-15-23(18-6-3-2-4-7-18)26(24(19)27)21-9-5-8-20(25)16-21/h2-16H,1H3. The summed E-state index contributed by atoms with van der Waals surface area (Å²) in [4.78, 5) is 15.1. The van der Waals surface area contributed by atoms with E-state index in [4.69, 9.17) is 4.74 Å². The van der Waals surface area contributed by atoms with Gasteiger partial charge in [0.1, 0.15) is 5.75 Å². The summed E-state index contributed by atoms with van der Waals surface area (Å²) in [7, 11) is 1.64. The molecule has 1 amide bonds. The summed E-state index contributed by atoms with van der Waals surface area (Å²) in [5.41, 5.74) is 4.28. The van der Waals surface area contributed by atoms with E-state index < -0.39 is 0 Å². The van der Waals surface area contributed by atoms with E-state index in [0.717, 1.165) is 32.7 Å². The molecule has 3 aromatic rings. The van der Waals surface area contributed by atoms with Gasteiger partial charge in [-0.3, -0.25) is 9.69 Å². The Morgan fingerprint density at radius 3 is 2.36 bits per heavy atom. The van der Waals surface area contributed by atoms with Crippen LogP contribution in [0.15, 0.2) is 95.0 Å². The molecule has 0 radical (unpaired) electrons. The fraction of sp³-hybridized carbons (Fsp3) is 0.0417. The van der Waals surface area contributed by atoms with Gasteiger partial charge in [0, 0.05) is 10.0 Å². The Labute approximate surface area is 172 Å². The summed E-state index contributed by atoms with van der Waals surface area (Å²) in [6.45, 7) is 0. The zero-order valence-electron chi connectivity index (χ0n) is 15.3. The molecule has 0 aliphatic carbocycles. The Balaban J connectivity index is 1.79. The predicted molar refractivity (Wildman–Crippen MR) is 117 cm³/mol. The van der Waals surface area contributed by atoms with Crippen LogP contribution in [0.2, 0.25) is 0 Å². The summed E-state index contributed by atoms with van der Waals surface area (Å²) < 4.78 is 6.14. The fourth-order valence-electron chi connectivity index (χ4n) is 3.19. The molecule has 28 heavy (non-hydrogen) atoms. The van der Waals surface area contributed by atoms with Crippen molar-refractivity contribution >= 4 is 39.3 Å². The predicted octanol–water partition coefficient (Wildman–Crippen LogP) is 5.93. The van der Waals surface area contributed by atoms with Crippen LogP contribution in [0.5, 0.6) is 5.75 Å². The molecule has 4 heteroatoms. The Hall–Kier alpha value is -3.11. The van der Waals surface area contributed by atoms with Gasteiger partial charge in [-0.05, 0) is 53.6 Å². The molecular weight excluding hydrogens is 414 g/mol. The van der Waals surface area contributed by atoms with Crippen molar-refractivity contribution in [2.24, 2.45) is 0 Å². The zero-order chi connectivity index (χ0) is 19.5. The second kappa shape index (κ2) is 7.87. The van der Waals surface area contributed by atoms with E-state index in [0.29, 0.717) is 5.57 Å². The molecule has 1 aliphatic heterocycles. The highest BCUT2D eigenvalue weighted by Crippen LogP contribution is 2.36. The second-order valence-electron chi connectivity index (χ2n) is 6.39. The van der Waals surface area contributed by atoms with Crippen molar-refractivity contribution in [2.75, 3.05) is 12.0 Å². The van der Waals surface area contributed by atoms with Crippen molar-refractivity contribution in [3.05, 3.63) is 106 Å². The summed E-state index contributed by atoms with van der Waals surface area (Å²) in [5.74, 6) is 0.740. The molecule has 0 atom stereocenters. The Kier molecular flexibility index (Phi) is 5.13. The Morgan fingerprint density at radius 1 is 0.929 bits per heavy atom. The van der Waals surface area contributed by atoms with E-state index in [2.05, 4.69) is 15.9 Å². The average molecular weight is 432 g/mol. The van der Waals surface area contributed by atoms with Gasteiger partial charge in [-0.1, -0.05) is 64.5 Å². The van der Waals surface area contributed by atoms with Gasteiger partial charge in [0.05, 0.1) is 18.5 Å². The van der Waals surface area contributed by atoms with Crippen molar-refractivity contribution in [1.29, 1.82) is 0 Å². The first kappa shape index (κ1) is 18.3. The second-order valence-corrected chi connectivity index (χ2v) is 7.30. The summed E-state index contributed by atoms with van der Waals surface area (Å²) >= 11 is 3.50. The van der Waals surface area contributed by atoms with Crippen LogP contribution in [-0.4, -0.2) is 13.0 Å². The van der Waals surface area contributed by atoms with Crippen molar-refractivity contribution in [1.82, 2.24) is 0 Å². The smallest absolute Gasteiger partial charge is 0.262 e. The number of nitrogens with zero attached hydrogens (tertiary/aromatic N) is 1. The van der Waals surface area contributed by atoms with E-state index in [9.17, 15) is 4.79 Å². The third-order valence-electron chi connectivity index (χ3n) is 4.56. The normalized spacial score (nSPS) is 15.1. The molecule has 0 fully saturated rings. The van der Waals surface area contributed by atoms with E-state index >= 15 is 0 Å². The number of methoxy groups -OCH3 is 1. The van der Waals surface area contributed by atoms with E-state index in [1.807, 2.05) is 91.0 Å². The number of halogens is 1. The van der Waals surface area contributed by atoms with Crippen molar-refractivity contribution in [2.45, 2.75) is 0 Å². The molecule has 0 spiro atoms. The van der Waals surface area contributed by atoms with Crippen LogP contribution in [0.1, 0.15) is 11.1 Å². The maximum atomic E-state index is 13.3. The highest BCUT2D eigenvalue weighted by molar-refractivity contribution is 9.10. The van der Waals surface area contributed by atoms with Gasteiger partial charge in [-0.2, -0.15) is 0 Å². The number of benzene rings is 3. The van der Waals surface area contributed by atoms with Crippen LogP contribution in [0.25, 0.3) is 11.8 Å². The lowest BCUT2D eigenvalue weighted by atomic mass is 10.1. The first-order chi connectivity index (χ1) is 13.7. The average Bonchev–Trinajstić information content (AvgIpc) is 3.05. The third kappa shape index (κ3) is 3.64. The molecule has 3 nitrogen and oxygen atoms in total. The van der Waals surface area contributed by atoms with Crippen LogP contribution in [0.3, 0.4) is 0 Å². The van der Waals surface area contributed by atoms with Gasteiger partial charge in [-0.25, -0.2) is 0 Å². The monoisotopic (exact) mass is 431 g/mol. The number of amides is 1. The largest absolute Gasteiger partial charge is 0.497 e. The Bertz CT molecular complexity index is 1070. The quantitative estimate of drug-likeness (QED) is 0.479. The number of carbonyl (C=O) groups excluding carboxylic acids is 1. The van der Waals surface area contributed by atoms with Crippen LogP contribution in [0, 0.1) is 0 Å². The van der Waals surface area contributed by atoms with E-state index in [-0.39, 0.29) is 5.91 Å². The molecular formula is C24H18BrNO2. The molecule has 0 saturated heterocycles. The number of anilines is 1. The molecule has 1 heterocycles.